The Balaban J connectivity index is 2.59. The maximum atomic E-state index is 6.87. The molecule has 172 valence electrons. The summed E-state index contributed by atoms with van der Waals surface area (Å²) in [5, 5.41) is 0. The van der Waals surface area contributed by atoms with E-state index >= 15 is 0 Å². The first kappa shape index (κ1) is 26.6. The van der Waals surface area contributed by atoms with E-state index in [9.17, 15) is 0 Å². The van der Waals surface area contributed by atoms with E-state index in [1.54, 1.807) is 0 Å². The summed E-state index contributed by atoms with van der Waals surface area (Å²) in [6.45, 7) is 22.0. The molecule has 2 nitrogen and oxygen atoms in total. The van der Waals surface area contributed by atoms with Gasteiger partial charge in [-0.25, -0.2) is 0 Å². The normalized spacial score (nSPS) is 14.8. The molecule has 0 radical (unpaired) electrons. The van der Waals surface area contributed by atoms with Gasteiger partial charge < -0.3 is 8.66 Å². The Bertz CT molecular complexity index is 928. The lowest BCUT2D eigenvalue weighted by Crippen LogP contribution is -2.59. The first-order valence-electron chi connectivity index (χ1n) is 11.5. The van der Waals surface area contributed by atoms with Crippen molar-refractivity contribution in [1.29, 1.82) is 0 Å². The Morgan fingerprint density at radius 3 is 1.75 bits per heavy atom. The highest BCUT2D eigenvalue weighted by atomic mass is 28.4. The molecule has 32 heavy (non-hydrogen) atoms. The van der Waals surface area contributed by atoms with Gasteiger partial charge in [-0.15, -0.1) is 0 Å². The van der Waals surface area contributed by atoms with E-state index in [-0.39, 0.29) is 0 Å². The average Bonchev–Trinajstić information content (AvgIpc) is 2.68. The van der Waals surface area contributed by atoms with Gasteiger partial charge in [-0.1, -0.05) is 118 Å². The Hall–Kier alpha value is -1.69. The SMILES string of the molecule is C[Si](C)(C)OC(C#CCN([Si](C)(C)C)[Si](C)(C)C)(/C=C/c1ccccc1)c1ccccc1. The number of hydrogen-bond acceptors (Lipinski definition) is 2. The van der Waals surface area contributed by atoms with Crippen molar-refractivity contribution in [1.82, 2.24) is 4.23 Å². The lowest BCUT2D eigenvalue weighted by atomic mass is 9.93. The molecule has 0 saturated heterocycles. The maximum absolute atomic E-state index is 6.87. The molecular weight excluding hydrogens is 439 g/mol. The van der Waals surface area contributed by atoms with Gasteiger partial charge >= 0.3 is 0 Å². The van der Waals surface area contributed by atoms with Gasteiger partial charge in [0, 0.05) is 6.54 Å². The summed E-state index contributed by atoms with van der Waals surface area (Å²) in [5.74, 6) is 7.22. The van der Waals surface area contributed by atoms with Crippen LogP contribution in [-0.2, 0) is 10.0 Å². The van der Waals surface area contributed by atoms with Gasteiger partial charge in [0.2, 0.25) is 0 Å². The molecule has 5 heteroatoms. The summed E-state index contributed by atoms with van der Waals surface area (Å²) in [6.07, 6.45) is 4.31. The molecule has 2 rings (SSSR count). The van der Waals surface area contributed by atoms with E-state index < -0.39 is 30.4 Å². The van der Waals surface area contributed by atoms with Crippen LogP contribution in [0.3, 0.4) is 0 Å². The molecule has 0 aliphatic rings. The largest absolute Gasteiger partial charge is 0.395 e. The minimum atomic E-state index is -1.91. The summed E-state index contributed by atoms with van der Waals surface area (Å²) in [5.41, 5.74) is 1.49. The molecule has 0 amide bonds. The highest BCUT2D eigenvalue weighted by molar-refractivity contribution is 6.89. The van der Waals surface area contributed by atoms with Crippen LogP contribution in [0.5, 0.6) is 0 Å². The van der Waals surface area contributed by atoms with E-state index in [4.69, 9.17) is 4.43 Å². The van der Waals surface area contributed by atoms with E-state index in [0.29, 0.717) is 0 Å². The Labute approximate surface area is 200 Å². The van der Waals surface area contributed by atoms with Crippen LogP contribution in [0.2, 0.25) is 58.9 Å². The highest BCUT2D eigenvalue weighted by Gasteiger charge is 2.36. The Morgan fingerprint density at radius 2 is 1.28 bits per heavy atom. The van der Waals surface area contributed by atoms with Crippen molar-refractivity contribution < 1.29 is 4.43 Å². The van der Waals surface area contributed by atoms with Crippen LogP contribution in [-0.4, -0.2) is 35.6 Å². The monoisotopic (exact) mass is 479 g/mol. The average molecular weight is 480 g/mol. The lowest BCUT2D eigenvalue weighted by molar-refractivity contribution is 0.176. The predicted octanol–water partition coefficient (Wildman–Crippen LogP) is 7.42. The summed E-state index contributed by atoms with van der Waals surface area (Å²) >= 11 is 0. The summed E-state index contributed by atoms with van der Waals surface area (Å²) < 4.78 is 9.59. The molecule has 0 aliphatic carbocycles. The Kier molecular flexibility index (Phi) is 8.71. The summed E-state index contributed by atoms with van der Waals surface area (Å²) in [4.78, 5) is 0. The molecule has 0 aromatic heterocycles. The van der Waals surface area contributed by atoms with Gasteiger partial charge in [0.1, 0.15) is 16.5 Å². The van der Waals surface area contributed by atoms with Crippen LogP contribution >= 0.6 is 0 Å². The summed E-state index contributed by atoms with van der Waals surface area (Å²) in [7, 11) is -4.86. The minimum Gasteiger partial charge on any atom is -0.395 e. The van der Waals surface area contributed by atoms with Crippen molar-refractivity contribution in [2.24, 2.45) is 0 Å². The van der Waals surface area contributed by atoms with Gasteiger partial charge in [-0.3, -0.25) is 0 Å². The smallest absolute Gasteiger partial charge is 0.186 e. The van der Waals surface area contributed by atoms with E-state index in [2.05, 4.69) is 142 Å². The second-order valence-electron chi connectivity index (χ2n) is 11.3. The lowest BCUT2D eigenvalue weighted by Gasteiger charge is -2.42. The predicted molar refractivity (Wildman–Crippen MR) is 149 cm³/mol. The molecule has 0 saturated carbocycles. The molecule has 0 bridgehead atoms. The molecule has 1 atom stereocenters. The number of rotatable bonds is 8. The molecular formula is C27H41NOSi3. The zero-order valence-electron chi connectivity index (χ0n) is 21.5. The van der Waals surface area contributed by atoms with Gasteiger partial charge in [0.05, 0.1) is 0 Å². The van der Waals surface area contributed by atoms with Crippen LogP contribution in [0.4, 0.5) is 0 Å². The zero-order chi connectivity index (χ0) is 24.0. The van der Waals surface area contributed by atoms with Gasteiger partial charge in [0.15, 0.2) is 13.9 Å². The second kappa shape index (κ2) is 10.5. The molecule has 0 N–H and O–H groups in total. The molecule has 2 aromatic rings. The third-order valence-electron chi connectivity index (χ3n) is 5.11. The van der Waals surface area contributed by atoms with Crippen LogP contribution in [0.15, 0.2) is 66.7 Å². The van der Waals surface area contributed by atoms with Crippen molar-refractivity contribution in [3.8, 4) is 11.8 Å². The van der Waals surface area contributed by atoms with E-state index in [0.717, 1.165) is 17.7 Å². The molecule has 0 heterocycles. The highest BCUT2D eigenvalue weighted by Crippen LogP contribution is 2.32. The zero-order valence-corrected chi connectivity index (χ0v) is 24.5. The summed E-state index contributed by atoms with van der Waals surface area (Å²) in [6, 6.07) is 20.9. The first-order valence-corrected chi connectivity index (χ1v) is 21.8. The van der Waals surface area contributed by atoms with E-state index in [1.807, 2.05) is 6.07 Å². The van der Waals surface area contributed by atoms with Crippen molar-refractivity contribution in [3.05, 3.63) is 77.9 Å². The van der Waals surface area contributed by atoms with Crippen LogP contribution in [0, 0.1) is 11.8 Å². The van der Waals surface area contributed by atoms with Crippen LogP contribution in [0.25, 0.3) is 6.08 Å². The molecule has 0 aliphatic heterocycles. The fraction of sp³-hybridized carbons (Fsp3) is 0.407. The van der Waals surface area contributed by atoms with Crippen molar-refractivity contribution in [2.45, 2.75) is 64.5 Å². The van der Waals surface area contributed by atoms with Crippen LogP contribution in [0.1, 0.15) is 11.1 Å². The van der Waals surface area contributed by atoms with E-state index in [1.165, 1.54) is 0 Å². The number of benzene rings is 2. The Morgan fingerprint density at radius 1 is 0.781 bits per heavy atom. The van der Waals surface area contributed by atoms with Crippen molar-refractivity contribution in [2.75, 3.05) is 6.54 Å². The third-order valence-corrected chi connectivity index (χ3v) is 13.6. The fourth-order valence-corrected chi connectivity index (χ4v) is 14.4. The third kappa shape index (κ3) is 8.02. The van der Waals surface area contributed by atoms with Gasteiger partial charge in [-0.2, -0.15) is 0 Å². The molecule has 1 unspecified atom stereocenters. The van der Waals surface area contributed by atoms with Crippen molar-refractivity contribution >= 4 is 30.9 Å². The topological polar surface area (TPSA) is 12.5 Å². The molecule has 0 spiro atoms. The number of hydrogen-bond donors (Lipinski definition) is 0. The van der Waals surface area contributed by atoms with Gasteiger partial charge in [0.25, 0.3) is 0 Å². The fourth-order valence-electron chi connectivity index (χ4n) is 4.01. The van der Waals surface area contributed by atoms with Crippen molar-refractivity contribution in [3.63, 3.8) is 0 Å². The minimum absolute atomic E-state index is 0.758. The second-order valence-corrected chi connectivity index (χ2v) is 25.9. The van der Waals surface area contributed by atoms with Crippen LogP contribution < -0.4 is 0 Å². The molecule has 2 aromatic carbocycles. The standard InChI is InChI=1S/C27H41NOSi3/c1-30(2,3)28(31(4,5)6)24-16-22-27(29-32(7,8)9,26-19-14-11-15-20-26)23-21-25-17-12-10-13-18-25/h10-15,17-21,23H,24H2,1-9H3/b23-21+. The van der Waals surface area contributed by atoms with Gasteiger partial charge in [-0.05, 0) is 36.8 Å². The molecule has 0 fully saturated rings. The maximum Gasteiger partial charge on any atom is 0.186 e. The first-order chi connectivity index (χ1) is 14.7. The quantitative estimate of drug-likeness (QED) is 0.288. The number of nitrogens with zero attached hydrogens (tertiary/aromatic N) is 1.